The maximum Gasteiger partial charge on any atom is 0.420 e. The van der Waals surface area contributed by atoms with Gasteiger partial charge >= 0.3 is 6.09 Å². The van der Waals surface area contributed by atoms with Crippen LogP contribution >= 0.6 is 11.3 Å². The fourth-order valence-corrected chi connectivity index (χ4v) is 6.71. The summed E-state index contributed by atoms with van der Waals surface area (Å²) < 4.78 is 11.2. The van der Waals surface area contributed by atoms with Gasteiger partial charge in [-0.3, -0.25) is 14.6 Å². The number of likely N-dealkylation sites (tertiary alicyclic amines) is 1. The third-order valence-electron chi connectivity index (χ3n) is 8.71. The Morgan fingerprint density at radius 1 is 0.976 bits per heavy atom. The lowest BCUT2D eigenvalue weighted by atomic mass is 9.86. The van der Waals surface area contributed by atoms with Crippen LogP contribution in [0.1, 0.15) is 42.3 Å². The molecule has 216 valence electrons. The summed E-state index contributed by atoms with van der Waals surface area (Å²) in [5, 5.41) is 2.50. The lowest BCUT2D eigenvalue weighted by Gasteiger charge is -2.27. The van der Waals surface area contributed by atoms with E-state index in [-0.39, 0.29) is 17.4 Å². The van der Waals surface area contributed by atoms with E-state index in [1.165, 1.54) is 22.5 Å². The molecule has 2 saturated heterocycles. The van der Waals surface area contributed by atoms with Crippen LogP contribution in [0, 0.1) is 17.8 Å². The van der Waals surface area contributed by atoms with E-state index in [0.717, 1.165) is 57.2 Å². The van der Waals surface area contributed by atoms with E-state index in [0.29, 0.717) is 29.4 Å². The molecule has 1 aliphatic carbocycles. The predicted molar refractivity (Wildman–Crippen MR) is 162 cm³/mol. The summed E-state index contributed by atoms with van der Waals surface area (Å²) in [6, 6.07) is 20.0. The molecule has 0 radical (unpaired) electrons. The van der Waals surface area contributed by atoms with E-state index in [4.69, 9.17) is 9.47 Å². The molecule has 1 saturated carbocycles. The van der Waals surface area contributed by atoms with Crippen LogP contribution in [0.2, 0.25) is 0 Å². The standard InChI is InChI=1S/C33H39N3O4S/c1-33(2,3)25-10-8-24(9-11-25)31(37)35-20-27-28(21-35)29(27)22-36(32(38)40-30-5-4-18-41-30)26-12-6-23(7-13-26)19-34-14-16-39-17-15-34/h4-13,18,27-29H,14-17,19-22H2,1-3H3. The molecule has 2 aliphatic heterocycles. The van der Waals surface area contributed by atoms with Crippen LogP contribution < -0.4 is 9.64 Å². The fraction of sp³-hybridized carbons (Fsp3) is 0.455. The average molecular weight is 574 g/mol. The Balaban J connectivity index is 1.10. The minimum Gasteiger partial charge on any atom is -0.399 e. The van der Waals surface area contributed by atoms with Crippen molar-refractivity contribution in [3.05, 3.63) is 82.7 Å². The van der Waals surface area contributed by atoms with Crippen molar-refractivity contribution in [1.29, 1.82) is 0 Å². The van der Waals surface area contributed by atoms with Crippen molar-refractivity contribution >= 4 is 29.0 Å². The predicted octanol–water partition coefficient (Wildman–Crippen LogP) is 5.90. The van der Waals surface area contributed by atoms with Gasteiger partial charge in [0.05, 0.1) is 13.2 Å². The number of piperidine rings is 1. The Morgan fingerprint density at radius 3 is 2.27 bits per heavy atom. The number of amides is 2. The molecule has 0 bridgehead atoms. The second-order valence-corrected chi connectivity index (χ2v) is 13.4. The molecule has 6 rings (SSSR count). The number of fused-ring (bicyclic) bond motifs is 1. The molecule has 1 aromatic heterocycles. The van der Waals surface area contributed by atoms with Gasteiger partial charge in [0.15, 0.2) is 5.06 Å². The maximum atomic E-state index is 13.4. The van der Waals surface area contributed by atoms with Crippen LogP contribution in [-0.2, 0) is 16.7 Å². The summed E-state index contributed by atoms with van der Waals surface area (Å²) >= 11 is 1.41. The van der Waals surface area contributed by atoms with Crippen LogP contribution in [0.25, 0.3) is 0 Å². The highest BCUT2D eigenvalue weighted by Gasteiger charge is 2.57. The molecular weight excluding hydrogens is 534 g/mol. The molecule has 8 heteroatoms. The van der Waals surface area contributed by atoms with Crippen molar-refractivity contribution in [2.75, 3.05) is 50.8 Å². The monoisotopic (exact) mass is 573 g/mol. The molecule has 7 nitrogen and oxygen atoms in total. The first kappa shape index (κ1) is 27.9. The molecule has 2 unspecified atom stereocenters. The quantitative estimate of drug-likeness (QED) is 0.352. The molecule has 3 aliphatic rings. The van der Waals surface area contributed by atoms with Crippen LogP contribution in [0.4, 0.5) is 10.5 Å². The molecule has 2 atom stereocenters. The number of carbonyl (C=O) groups is 2. The van der Waals surface area contributed by atoms with Crippen LogP contribution in [0.3, 0.4) is 0 Å². The molecule has 0 spiro atoms. The third-order valence-corrected chi connectivity index (χ3v) is 9.46. The average Bonchev–Trinajstić information content (AvgIpc) is 3.32. The van der Waals surface area contributed by atoms with Gasteiger partial charge in [-0.15, -0.1) is 11.3 Å². The van der Waals surface area contributed by atoms with Crippen molar-refractivity contribution in [3.63, 3.8) is 0 Å². The molecule has 0 N–H and O–H groups in total. The lowest BCUT2D eigenvalue weighted by molar-refractivity contribution is 0.0342. The van der Waals surface area contributed by atoms with Gasteiger partial charge < -0.3 is 14.4 Å². The van der Waals surface area contributed by atoms with Gasteiger partial charge in [-0.1, -0.05) is 45.0 Å². The van der Waals surface area contributed by atoms with E-state index >= 15 is 0 Å². The number of thiophene rings is 1. The Kier molecular flexibility index (Phi) is 7.90. The minimum atomic E-state index is -0.356. The summed E-state index contributed by atoms with van der Waals surface area (Å²) in [5.41, 5.74) is 4.09. The zero-order chi connectivity index (χ0) is 28.6. The van der Waals surface area contributed by atoms with Gasteiger partial charge in [-0.2, -0.15) is 0 Å². The topological polar surface area (TPSA) is 62.3 Å². The van der Waals surface area contributed by atoms with E-state index in [2.05, 4.69) is 49.9 Å². The number of morpholine rings is 1. The van der Waals surface area contributed by atoms with Gasteiger partial charge in [0, 0.05) is 50.5 Å². The Morgan fingerprint density at radius 2 is 1.66 bits per heavy atom. The smallest absolute Gasteiger partial charge is 0.399 e. The zero-order valence-corrected chi connectivity index (χ0v) is 24.9. The number of rotatable bonds is 7. The summed E-state index contributed by atoms with van der Waals surface area (Å²) in [4.78, 5) is 32.7. The second-order valence-electron chi connectivity index (χ2n) is 12.5. The highest BCUT2D eigenvalue weighted by molar-refractivity contribution is 7.11. The molecule has 3 heterocycles. The van der Waals surface area contributed by atoms with E-state index < -0.39 is 0 Å². The van der Waals surface area contributed by atoms with Crippen molar-refractivity contribution in [2.24, 2.45) is 17.8 Å². The van der Waals surface area contributed by atoms with E-state index in [1.807, 2.05) is 46.7 Å². The number of nitrogens with zero attached hydrogens (tertiary/aromatic N) is 3. The van der Waals surface area contributed by atoms with Gasteiger partial charge in [-0.05, 0) is 76.1 Å². The number of anilines is 1. The molecule has 3 fully saturated rings. The summed E-state index contributed by atoms with van der Waals surface area (Å²) in [6.45, 7) is 12.9. The van der Waals surface area contributed by atoms with Gasteiger partial charge in [-0.25, -0.2) is 4.79 Å². The SMILES string of the molecule is CC(C)(C)c1ccc(C(=O)N2CC3C(C2)C3CN(C(=O)Oc2cccs2)c2ccc(CN3CCOCC3)cc2)cc1. The van der Waals surface area contributed by atoms with E-state index in [1.54, 1.807) is 4.90 Å². The summed E-state index contributed by atoms with van der Waals surface area (Å²) in [7, 11) is 0. The number of hydrogen-bond donors (Lipinski definition) is 0. The lowest BCUT2D eigenvalue weighted by Crippen LogP contribution is -2.38. The van der Waals surface area contributed by atoms with Gasteiger partial charge in [0.1, 0.15) is 0 Å². The first-order valence-corrected chi connectivity index (χ1v) is 15.5. The Labute approximate surface area is 246 Å². The number of hydrogen-bond acceptors (Lipinski definition) is 6. The first-order valence-electron chi connectivity index (χ1n) is 14.6. The van der Waals surface area contributed by atoms with Crippen molar-refractivity contribution in [2.45, 2.75) is 32.7 Å². The van der Waals surface area contributed by atoms with Crippen LogP contribution in [0.15, 0.2) is 66.0 Å². The normalized spacial score (nSPS) is 22.3. The van der Waals surface area contributed by atoms with Crippen molar-refractivity contribution < 1.29 is 19.1 Å². The first-order chi connectivity index (χ1) is 19.8. The van der Waals surface area contributed by atoms with Crippen LogP contribution in [-0.4, -0.2) is 67.7 Å². The maximum absolute atomic E-state index is 13.4. The number of carbonyl (C=O) groups excluding carboxylic acids is 2. The van der Waals surface area contributed by atoms with Gasteiger partial charge in [0.2, 0.25) is 0 Å². The molecular formula is C33H39N3O4S. The number of ether oxygens (including phenoxy) is 2. The van der Waals surface area contributed by atoms with Crippen LogP contribution in [0.5, 0.6) is 5.06 Å². The van der Waals surface area contributed by atoms with Crippen molar-refractivity contribution in [3.8, 4) is 5.06 Å². The highest BCUT2D eigenvalue weighted by atomic mass is 32.1. The summed E-state index contributed by atoms with van der Waals surface area (Å²) in [5.74, 6) is 1.27. The highest BCUT2D eigenvalue weighted by Crippen LogP contribution is 2.52. The van der Waals surface area contributed by atoms with Gasteiger partial charge in [0.25, 0.3) is 5.91 Å². The fourth-order valence-electron chi connectivity index (χ4n) is 6.14. The Bertz CT molecular complexity index is 1330. The Hall–Kier alpha value is -3.20. The molecule has 3 aromatic rings. The molecule has 2 amide bonds. The largest absolute Gasteiger partial charge is 0.420 e. The zero-order valence-electron chi connectivity index (χ0n) is 24.1. The van der Waals surface area contributed by atoms with Crippen molar-refractivity contribution in [1.82, 2.24) is 9.80 Å². The summed E-state index contributed by atoms with van der Waals surface area (Å²) in [6.07, 6.45) is -0.356. The second kappa shape index (κ2) is 11.6. The molecule has 41 heavy (non-hydrogen) atoms. The van der Waals surface area contributed by atoms with E-state index in [9.17, 15) is 9.59 Å². The minimum absolute atomic E-state index is 0.0592. The third kappa shape index (κ3) is 6.35. The molecule has 2 aromatic carbocycles. The number of benzene rings is 2.